The third-order valence-corrected chi connectivity index (χ3v) is 10.7. The molecular formula is C36H45Cl2N7O3Si. The second-order valence-corrected chi connectivity index (χ2v) is 21.0. The summed E-state index contributed by atoms with van der Waals surface area (Å²) in [5.41, 5.74) is 5.39. The summed E-state index contributed by atoms with van der Waals surface area (Å²) in [6.07, 6.45) is 1.75. The predicted octanol–water partition coefficient (Wildman–Crippen LogP) is 8.62. The molecule has 0 spiro atoms. The van der Waals surface area contributed by atoms with Gasteiger partial charge in [0.1, 0.15) is 29.5 Å². The highest BCUT2D eigenvalue weighted by Gasteiger charge is 2.27. The van der Waals surface area contributed by atoms with E-state index >= 15 is 0 Å². The lowest BCUT2D eigenvalue weighted by Crippen LogP contribution is -2.50. The Morgan fingerprint density at radius 2 is 1.78 bits per heavy atom. The lowest BCUT2D eigenvalue weighted by molar-refractivity contribution is 0.0240. The van der Waals surface area contributed by atoms with Crippen molar-refractivity contribution in [3.05, 3.63) is 75.2 Å². The molecule has 5 rings (SSSR count). The minimum absolute atomic E-state index is 0.264. The van der Waals surface area contributed by atoms with Gasteiger partial charge in [0, 0.05) is 68.7 Å². The minimum atomic E-state index is -1.27. The van der Waals surface area contributed by atoms with E-state index in [2.05, 4.69) is 48.9 Å². The number of benzene rings is 2. The summed E-state index contributed by atoms with van der Waals surface area (Å²) >= 11 is 13.2. The summed E-state index contributed by atoms with van der Waals surface area (Å²) in [6, 6.07) is 14.9. The van der Waals surface area contributed by atoms with Gasteiger partial charge in [0.2, 0.25) is 0 Å². The number of carbonyl (C=O) groups excluding carboxylic acids is 1. The number of carbonyl (C=O) groups is 1. The summed E-state index contributed by atoms with van der Waals surface area (Å²) in [4.78, 5) is 26.3. The molecule has 3 heterocycles. The number of halogens is 2. The number of hydrogen-bond donors (Lipinski definition) is 1. The van der Waals surface area contributed by atoms with Gasteiger partial charge in [-0.1, -0.05) is 48.9 Å². The van der Waals surface area contributed by atoms with Crippen molar-refractivity contribution in [2.24, 2.45) is 0 Å². The number of ether oxygens (including phenoxy) is 2. The van der Waals surface area contributed by atoms with E-state index in [0.717, 1.165) is 28.5 Å². The molecule has 1 fully saturated rings. The van der Waals surface area contributed by atoms with Gasteiger partial charge in [0.15, 0.2) is 5.82 Å². The molecule has 0 saturated carbocycles. The number of pyridine rings is 1. The van der Waals surface area contributed by atoms with E-state index < -0.39 is 13.7 Å². The van der Waals surface area contributed by atoms with Gasteiger partial charge < -0.3 is 29.2 Å². The number of aromatic nitrogens is 3. The number of nitriles is 1. The molecule has 0 unspecified atom stereocenters. The number of amides is 1. The van der Waals surface area contributed by atoms with Crippen LogP contribution in [0.25, 0.3) is 11.0 Å². The summed E-state index contributed by atoms with van der Waals surface area (Å²) in [5.74, 6) is 0.412. The number of rotatable bonds is 10. The van der Waals surface area contributed by atoms with Crippen LogP contribution in [0.5, 0.6) is 0 Å². The number of imidazole rings is 1. The highest BCUT2D eigenvalue weighted by molar-refractivity contribution is 6.76. The number of aryl methyl sites for hydroxylation is 1. The molecule has 0 bridgehead atoms. The summed E-state index contributed by atoms with van der Waals surface area (Å²) in [7, 11) is -1.27. The Kier molecular flexibility index (Phi) is 11.1. The molecule has 49 heavy (non-hydrogen) atoms. The quantitative estimate of drug-likeness (QED) is 0.128. The Hall–Kier alpha value is -3.82. The Bertz CT molecular complexity index is 1850. The molecule has 13 heteroatoms. The smallest absolute Gasteiger partial charge is 0.410 e. The zero-order valence-corrected chi connectivity index (χ0v) is 31.9. The minimum Gasteiger partial charge on any atom is -0.444 e. The van der Waals surface area contributed by atoms with Gasteiger partial charge in [-0.2, -0.15) is 5.26 Å². The van der Waals surface area contributed by atoms with E-state index in [9.17, 15) is 10.1 Å². The normalized spacial score (nSPS) is 13.9. The fourth-order valence-corrected chi connectivity index (χ4v) is 7.01. The molecular weight excluding hydrogens is 677 g/mol. The van der Waals surface area contributed by atoms with Crippen LogP contribution >= 0.6 is 23.2 Å². The molecule has 260 valence electrons. The van der Waals surface area contributed by atoms with Crippen LogP contribution in [-0.2, 0) is 22.6 Å². The van der Waals surface area contributed by atoms with Gasteiger partial charge in [-0.25, -0.2) is 14.8 Å². The van der Waals surface area contributed by atoms with Crippen LogP contribution in [-0.4, -0.2) is 72.0 Å². The molecule has 0 radical (unpaired) electrons. The molecule has 10 nitrogen and oxygen atoms in total. The van der Waals surface area contributed by atoms with Gasteiger partial charge in [-0.05, 0) is 75.2 Å². The lowest BCUT2D eigenvalue weighted by atomic mass is 10.1. The lowest BCUT2D eigenvalue weighted by Gasteiger charge is -2.37. The molecule has 0 aliphatic carbocycles. The van der Waals surface area contributed by atoms with Crippen LogP contribution in [0, 0.1) is 18.3 Å². The van der Waals surface area contributed by atoms with Crippen LogP contribution in [0.2, 0.25) is 35.7 Å². The van der Waals surface area contributed by atoms with Crippen molar-refractivity contribution < 1.29 is 14.3 Å². The highest BCUT2D eigenvalue weighted by atomic mass is 35.5. The molecule has 2 aromatic carbocycles. The topological polar surface area (TPSA) is 109 Å². The number of fused-ring (bicyclic) bond motifs is 1. The predicted molar refractivity (Wildman–Crippen MR) is 200 cm³/mol. The third-order valence-electron chi connectivity index (χ3n) is 8.31. The molecule has 1 amide bonds. The standard InChI is InChI=1S/C36H45Cl2N7O3Si/c1-24-19-25(11-12-31(24)43-13-15-44(16-14-43)35(46)48-36(2,3)4)41-34-27(21-39)33-32(40-22-45(33)23-47-17-18-49(5,6)7)30(42-34)20-26-28(37)9-8-10-29(26)38/h8-12,19,22H,13-18,20,23H2,1-7H3,(H,41,42). The monoisotopic (exact) mass is 721 g/mol. The highest BCUT2D eigenvalue weighted by Crippen LogP contribution is 2.34. The van der Waals surface area contributed by atoms with Gasteiger partial charge in [-0.15, -0.1) is 0 Å². The zero-order chi connectivity index (χ0) is 35.5. The SMILES string of the molecule is Cc1cc(Nc2nc(Cc3c(Cl)cccc3Cl)c3ncn(COCC[Si](C)(C)C)c3c2C#N)ccc1N1CCN(C(=O)OC(C)(C)C)CC1. The van der Waals surface area contributed by atoms with E-state index in [1.54, 1.807) is 23.4 Å². The van der Waals surface area contributed by atoms with Gasteiger partial charge >= 0.3 is 6.09 Å². The maximum Gasteiger partial charge on any atom is 0.410 e. The Labute approximate surface area is 299 Å². The van der Waals surface area contributed by atoms with E-state index in [-0.39, 0.29) is 12.8 Å². The molecule has 1 saturated heterocycles. The Morgan fingerprint density at radius 3 is 2.39 bits per heavy atom. The van der Waals surface area contributed by atoms with Crippen molar-refractivity contribution in [3.63, 3.8) is 0 Å². The fraction of sp³-hybridized carbons (Fsp3) is 0.444. The number of anilines is 3. The maximum absolute atomic E-state index is 12.6. The molecule has 1 aliphatic heterocycles. The zero-order valence-electron chi connectivity index (χ0n) is 29.4. The van der Waals surface area contributed by atoms with Crippen LogP contribution in [0.3, 0.4) is 0 Å². The van der Waals surface area contributed by atoms with Crippen LogP contribution in [0.15, 0.2) is 42.7 Å². The molecule has 0 atom stereocenters. The van der Waals surface area contributed by atoms with Gasteiger partial charge in [0.25, 0.3) is 0 Å². The summed E-state index contributed by atoms with van der Waals surface area (Å²) in [6.45, 7) is 18.1. The van der Waals surface area contributed by atoms with Crippen LogP contribution < -0.4 is 10.2 Å². The van der Waals surface area contributed by atoms with Gasteiger partial charge in [-0.3, -0.25) is 0 Å². The summed E-state index contributed by atoms with van der Waals surface area (Å²) in [5, 5.41) is 15.0. The number of nitrogens with one attached hydrogen (secondary N) is 1. The molecule has 2 aromatic heterocycles. The number of hydrogen-bond acceptors (Lipinski definition) is 8. The first kappa shape index (κ1) is 36.5. The second kappa shape index (κ2) is 15.0. The largest absolute Gasteiger partial charge is 0.444 e. The molecule has 1 N–H and O–H groups in total. The van der Waals surface area contributed by atoms with Crippen molar-refractivity contribution in [2.45, 2.75) is 72.1 Å². The van der Waals surface area contributed by atoms with Crippen LogP contribution in [0.4, 0.5) is 22.0 Å². The Balaban J connectivity index is 1.43. The van der Waals surface area contributed by atoms with Crippen molar-refractivity contribution in [1.82, 2.24) is 19.4 Å². The first-order chi connectivity index (χ1) is 23.1. The van der Waals surface area contributed by atoms with E-state index in [1.807, 2.05) is 43.5 Å². The third kappa shape index (κ3) is 9.05. The van der Waals surface area contributed by atoms with Crippen molar-refractivity contribution in [1.29, 1.82) is 5.26 Å². The first-order valence-electron chi connectivity index (χ1n) is 16.5. The average molecular weight is 723 g/mol. The van der Waals surface area contributed by atoms with Crippen molar-refractivity contribution >= 4 is 65.6 Å². The van der Waals surface area contributed by atoms with Gasteiger partial charge in [0.05, 0.1) is 17.5 Å². The fourth-order valence-electron chi connectivity index (χ4n) is 5.72. The maximum atomic E-state index is 12.6. The van der Waals surface area contributed by atoms with E-state index in [4.69, 9.17) is 42.6 Å². The van der Waals surface area contributed by atoms with E-state index in [0.29, 0.717) is 77.4 Å². The number of nitrogens with zero attached hydrogens (tertiary/aromatic N) is 6. The average Bonchev–Trinajstić information content (AvgIpc) is 3.44. The summed E-state index contributed by atoms with van der Waals surface area (Å²) < 4.78 is 13.5. The number of piperazine rings is 1. The Morgan fingerprint density at radius 1 is 1.08 bits per heavy atom. The van der Waals surface area contributed by atoms with Crippen molar-refractivity contribution in [3.8, 4) is 6.07 Å². The van der Waals surface area contributed by atoms with Crippen molar-refractivity contribution in [2.75, 3.05) is 43.0 Å². The van der Waals surface area contributed by atoms with E-state index in [1.165, 1.54) is 0 Å². The first-order valence-corrected chi connectivity index (χ1v) is 21.0. The molecule has 4 aromatic rings. The molecule has 1 aliphatic rings. The van der Waals surface area contributed by atoms with Crippen LogP contribution in [0.1, 0.15) is 43.2 Å². The second-order valence-electron chi connectivity index (χ2n) is 14.6.